The van der Waals surface area contributed by atoms with Gasteiger partial charge in [0.15, 0.2) is 5.13 Å². The minimum Gasteiger partial charge on any atom is -0.359 e. The maximum absolute atomic E-state index is 4.53. The summed E-state index contributed by atoms with van der Waals surface area (Å²) in [4.78, 5) is 5.86. The first kappa shape index (κ1) is 10.9. The van der Waals surface area contributed by atoms with Gasteiger partial charge in [-0.2, -0.15) is 0 Å². The number of hydrogen-bond acceptors (Lipinski definition) is 3. The topological polar surface area (TPSA) is 24.9 Å². The van der Waals surface area contributed by atoms with Gasteiger partial charge in [-0.1, -0.05) is 12.8 Å². The molecule has 2 rings (SSSR count). The van der Waals surface area contributed by atoms with Crippen LogP contribution in [0.3, 0.4) is 0 Å². The highest BCUT2D eigenvalue weighted by Gasteiger charge is 2.22. The highest BCUT2D eigenvalue weighted by Crippen LogP contribution is 2.30. The lowest BCUT2D eigenvalue weighted by molar-refractivity contribution is 0.482. The molecule has 2 nitrogen and oxygen atoms in total. The first-order valence-electron chi connectivity index (χ1n) is 5.87. The molecule has 1 saturated carbocycles. The van der Waals surface area contributed by atoms with Gasteiger partial charge in [0.25, 0.3) is 0 Å². The van der Waals surface area contributed by atoms with Gasteiger partial charge in [0.05, 0.1) is 5.69 Å². The zero-order chi connectivity index (χ0) is 10.8. The predicted molar refractivity (Wildman–Crippen MR) is 66.6 cm³/mol. The fourth-order valence-electron chi connectivity index (χ4n) is 2.30. The molecule has 0 saturated heterocycles. The molecular formula is C12H20N2S. The van der Waals surface area contributed by atoms with Crippen molar-refractivity contribution in [3.63, 3.8) is 0 Å². The number of hydrogen-bond donors (Lipinski definition) is 1. The van der Waals surface area contributed by atoms with Crippen LogP contribution in [0.15, 0.2) is 0 Å². The minimum atomic E-state index is 0.581. The van der Waals surface area contributed by atoms with E-state index in [0.29, 0.717) is 6.04 Å². The van der Waals surface area contributed by atoms with Crippen LogP contribution in [-0.4, -0.2) is 11.0 Å². The molecule has 0 aliphatic heterocycles. The van der Waals surface area contributed by atoms with E-state index in [0.717, 1.165) is 11.0 Å². The molecule has 0 bridgehead atoms. The Morgan fingerprint density at radius 1 is 1.33 bits per heavy atom. The van der Waals surface area contributed by atoms with Crippen molar-refractivity contribution in [1.29, 1.82) is 0 Å². The fraction of sp³-hybridized carbons (Fsp3) is 0.750. The molecule has 1 aromatic heterocycles. The van der Waals surface area contributed by atoms with E-state index >= 15 is 0 Å². The van der Waals surface area contributed by atoms with E-state index in [1.54, 1.807) is 11.3 Å². The Hall–Kier alpha value is -0.570. The van der Waals surface area contributed by atoms with E-state index in [1.165, 1.54) is 36.3 Å². The summed E-state index contributed by atoms with van der Waals surface area (Å²) in [6.45, 7) is 6.51. The van der Waals surface area contributed by atoms with E-state index < -0.39 is 0 Å². The lowest BCUT2D eigenvalue weighted by Gasteiger charge is -2.19. The summed E-state index contributed by atoms with van der Waals surface area (Å²) in [7, 11) is 0. The number of aryl methyl sites for hydroxylation is 2. The number of nitrogens with zero attached hydrogens (tertiary/aromatic N) is 1. The van der Waals surface area contributed by atoms with Crippen LogP contribution in [0, 0.1) is 19.8 Å². The molecule has 0 radical (unpaired) electrons. The third-order valence-corrected chi connectivity index (χ3v) is 4.49. The molecule has 1 atom stereocenters. The van der Waals surface area contributed by atoms with Gasteiger partial charge in [-0.3, -0.25) is 0 Å². The van der Waals surface area contributed by atoms with Gasteiger partial charge < -0.3 is 5.32 Å². The Bertz CT molecular complexity index is 307. The molecule has 0 aromatic carbocycles. The smallest absolute Gasteiger partial charge is 0.183 e. The highest BCUT2D eigenvalue weighted by atomic mass is 32.1. The summed E-state index contributed by atoms with van der Waals surface area (Å²) in [6.07, 6.45) is 5.59. The first-order chi connectivity index (χ1) is 7.16. The van der Waals surface area contributed by atoms with Crippen LogP contribution in [0.25, 0.3) is 0 Å². The highest BCUT2D eigenvalue weighted by molar-refractivity contribution is 7.15. The van der Waals surface area contributed by atoms with Crippen molar-refractivity contribution < 1.29 is 0 Å². The monoisotopic (exact) mass is 224 g/mol. The van der Waals surface area contributed by atoms with Crippen molar-refractivity contribution >= 4 is 16.5 Å². The fourth-order valence-corrected chi connectivity index (χ4v) is 3.22. The van der Waals surface area contributed by atoms with Crippen molar-refractivity contribution in [3.05, 3.63) is 10.6 Å². The maximum Gasteiger partial charge on any atom is 0.183 e. The van der Waals surface area contributed by atoms with Gasteiger partial charge in [0.2, 0.25) is 0 Å². The third-order valence-electron chi connectivity index (χ3n) is 3.49. The number of rotatable bonds is 3. The van der Waals surface area contributed by atoms with Crippen molar-refractivity contribution in [1.82, 2.24) is 4.98 Å². The van der Waals surface area contributed by atoms with Crippen LogP contribution in [0.5, 0.6) is 0 Å². The van der Waals surface area contributed by atoms with Crippen molar-refractivity contribution in [2.45, 2.75) is 52.5 Å². The standard InChI is InChI=1S/C12H20N2S/c1-8-10(3)15-12(13-8)14-9(2)11-6-4-5-7-11/h9,11H,4-7H2,1-3H3,(H,13,14). The van der Waals surface area contributed by atoms with E-state index in [9.17, 15) is 0 Å². The quantitative estimate of drug-likeness (QED) is 0.845. The normalized spacial score (nSPS) is 19.4. The molecule has 0 spiro atoms. The van der Waals surface area contributed by atoms with E-state index in [2.05, 4.69) is 31.1 Å². The molecule has 1 aliphatic rings. The van der Waals surface area contributed by atoms with Crippen LogP contribution in [0.4, 0.5) is 5.13 Å². The van der Waals surface area contributed by atoms with E-state index in [4.69, 9.17) is 0 Å². The summed E-state index contributed by atoms with van der Waals surface area (Å²) in [5, 5.41) is 4.65. The van der Waals surface area contributed by atoms with Crippen LogP contribution in [0.1, 0.15) is 43.2 Å². The molecule has 84 valence electrons. The molecule has 1 heterocycles. The molecule has 1 unspecified atom stereocenters. The van der Waals surface area contributed by atoms with Crippen molar-refractivity contribution in [3.8, 4) is 0 Å². The summed E-state index contributed by atoms with van der Waals surface area (Å²) in [6, 6.07) is 0.581. The average Bonchev–Trinajstić information content (AvgIpc) is 2.77. The Balaban J connectivity index is 1.95. The van der Waals surface area contributed by atoms with Crippen molar-refractivity contribution in [2.75, 3.05) is 5.32 Å². The van der Waals surface area contributed by atoms with Gasteiger partial charge >= 0.3 is 0 Å². The zero-order valence-corrected chi connectivity index (χ0v) is 10.7. The van der Waals surface area contributed by atoms with Gasteiger partial charge in [0.1, 0.15) is 0 Å². The molecule has 3 heteroatoms. The van der Waals surface area contributed by atoms with Gasteiger partial charge in [0, 0.05) is 10.9 Å². The maximum atomic E-state index is 4.53. The van der Waals surface area contributed by atoms with Crippen LogP contribution in [0.2, 0.25) is 0 Å². The SMILES string of the molecule is Cc1nc(NC(C)C2CCCC2)sc1C. The Kier molecular flexibility index (Phi) is 3.29. The predicted octanol–water partition coefficient (Wildman–Crippen LogP) is 3.75. The number of nitrogens with one attached hydrogen (secondary N) is 1. The zero-order valence-electron chi connectivity index (χ0n) is 9.84. The van der Waals surface area contributed by atoms with Crippen LogP contribution in [-0.2, 0) is 0 Å². The second-order valence-corrected chi connectivity index (χ2v) is 5.84. The molecule has 0 amide bonds. The lowest BCUT2D eigenvalue weighted by Crippen LogP contribution is -2.23. The van der Waals surface area contributed by atoms with Gasteiger partial charge in [-0.05, 0) is 39.5 Å². The Morgan fingerprint density at radius 2 is 2.00 bits per heavy atom. The van der Waals surface area contributed by atoms with Gasteiger partial charge in [-0.15, -0.1) is 11.3 Å². The number of aromatic nitrogens is 1. The second-order valence-electron chi connectivity index (χ2n) is 4.64. The van der Waals surface area contributed by atoms with E-state index in [1.807, 2.05) is 0 Å². The number of anilines is 1. The average molecular weight is 224 g/mol. The summed E-state index contributed by atoms with van der Waals surface area (Å²) in [5.74, 6) is 0.856. The second kappa shape index (κ2) is 4.52. The van der Waals surface area contributed by atoms with Crippen LogP contribution < -0.4 is 5.32 Å². The first-order valence-corrected chi connectivity index (χ1v) is 6.69. The van der Waals surface area contributed by atoms with Crippen molar-refractivity contribution in [2.24, 2.45) is 5.92 Å². The molecule has 1 fully saturated rings. The molecular weight excluding hydrogens is 204 g/mol. The summed E-state index contributed by atoms with van der Waals surface area (Å²) < 4.78 is 0. The minimum absolute atomic E-state index is 0.581. The lowest BCUT2D eigenvalue weighted by atomic mass is 10.0. The Labute approximate surface area is 96.1 Å². The molecule has 15 heavy (non-hydrogen) atoms. The largest absolute Gasteiger partial charge is 0.359 e. The Morgan fingerprint density at radius 3 is 2.53 bits per heavy atom. The molecule has 1 aliphatic carbocycles. The third kappa shape index (κ3) is 2.51. The summed E-state index contributed by atoms with van der Waals surface area (Å²) in [5.41, 5.74) is 1.17. The van der Waals surface area contributed by atoms with Gasteiger partial charge in [-0.25, -0.2) is 4.98 Å². The van der Waals surface area contributed by atoms with E-state index in [-0.39, 0.29) is 0 Å². The van der Waals surface area contributed by atoms with Crippen LogP contribution >= 0.6 is 11.3 Å². The molecule has 1 aromatic rings. The summed E-state index contributed by atoms with van der Waals surface area (Å²) >= 11 is 1.78. The number of thiazole rings is 1. The molecule has 1 N–H and O–H groups in total.